The summed E-state index contributed by atoms with van der Waals surface area (Å²) in [7, 11) is 0. The fraction of sp³-hybridized carbons (Fsp3) is 0.111. The molecular formula is C18H17NO2S. The fourth-order valence-electron chi connectivity index (χ4n) is 1.85. The predicted octanol–water partition coefficient (Wildman–Crippen LogP) is 3.89. The summed E-state index contributed by atoms with van der Waals surface area (Å²) < 4.78 is 0. The lowest BCUT2D eigenvalue weighted by atomic mass is 10.1. The number of benzene rings is 2. The van der Waals surface area contributed by atoms with Crippen LogP contribution in [0.15, 0.2) is 71.8 Å². The molecule has 0 bridgehead atoms. The summed E-state index contributed by atoms with van der Waals surface area (Å²) in [6, 6.07) is 17.9. The third-order valence-electron chi connectivity index (χ3n) is 2.89. The van der Waals surface area contributed by atoms with Crippen molar-refractivity contribution in [2.75, 3.05) is 5.75 Å². The summed E-state index contributed by atoms with van der Waals surface area (Å²) in [6.07, 6.45) is 1.48. The third kappa shape index (κ3) is 4.60. The van der Waals surface area contributed by atoms with Crippen LogP contribution in [0.2, 0.25) is 0 Å². The van der Waals surface area contributed by atoms with Crippen molar-refractivity contribution in [2.45, 2.75) is 6.92 Å². The van der Waals surface area contributed by atoms with E-state index in [4.69, 9.17) is 0 Å². The molecule has 0 spiro atoms. The van der Waals surface area contributed by atoms with Gasteiger partial charge in [-0.05, 0) is 17.9 Å². The molecular weight excluding hydrogens is 294 g/mol. The second-order valence-corrected chi connectivity index (χ2v) is 5.80. The number of ketones is 1. The highest BCUT2D eigenvalue weighted by atomic mass is 32.2. The van der Waals surface area contributed by atoms with Crippen molar-refractivity contribution in [3.05, 3.63) is 82.9 Å². The highest BCUT2D eigenvalue weighted by Crippen LogP contribution is 2.15. The van der Waals surface area contributed by atoms with Crippen LogP contribution in [0.5, 0.6) is 0 Å². The van der Waals surface area contributed by atoms with Crippen molar-refractivity contribution in [3.8, 4) is 0 Å². The molecule has 0 heterocycles. The van der Waals surface area contributed by atoms with Crippen LogP contribution >= 0.6 is 11.8 Å². The van der Waals surface area contributed by atoms with E-state index >= 15 is 0 Å². The van der Waals surface area contributed by atoms with Gasteiger partial charge in [0.05, 0.1) is 5.03 Å². The van der Waals surface area contributed by atoms with Crippen molar-refractivity contribution in [1.82, 2.24) is 5.32 Å². The Morgan fingerprint density at radius 3 is 2.05 bits per heavy atom. The van der Waals surface area contributed by atoms with Gasteiger partial charge in [-0.1, -0.05) is 55.5 Å². The molecule has 0 fully saturated rings. The molecule has 0 aromatic heterocycles. The van der Waals surface area contributed by atoms with E-state index < -0.39 is 0 Å². The minimum absolute atomic E-state index is 0.120. The maximum atomic E-state index is 12.2. The lowest BCUT2D eigenvalue weighted by Crippen LogP contribution is -2.22. The molecule has 4 heteroatoms. The fourth-order valence-corrected chi connectivity index (χ4v) is 2.51. The lowest BCUT2D eigenvalue weighted by molar-refractivity contribution is 0.0969. The zero-order valence-corrected chi connectivity index (χ0v) is 13.1. The molecule has 0 radical (unpaired) electrons. The molecule has 2 aromatic carbocycles. The quantitative estimate of drug-likeness (QED) is 0.650. The summed E-state index contributed by atoms with van der Waals surface area (Å²) >= 11 is 1.43. The number of carbonyl (C=O) groups excluding carboxylic acids is 2. The number of rotatable bonds is 6. The van der Waals surface area contributed by atoms with E-state index in [-0.39, 0.29) is 11.7 Å². The van der Waals surface area contributed by atoms with Crippen LogP contribution in [0.1, 0.15) is 27.6 Å². The number of carbonyl (C=O) groups is 2. The molecule has 0 aliphatic heterocycles. The van der Waals surface area contributed by atoms with E-state index in [9.17, 15) is 9.59 Å². The highest BCUT2D eigenvalue weighted by molar-refractivity contribution is 8.03. The monoisotopic (exact) mass is 311 g/mol. The first-order chi connectivity index (χ1) is 10.7. The average molecular weight is 311 g/mol. The Morgan fingerprint density at radius 2 is 1.50 bits per heavy atom. The van der Waals surface area contributed by atoms with E-state index in [1.54, 1.807) is 36.4 Å². The number of hydrogen-bond donors (Lipinski definition) is 1. The van der Waals surface area contributed by atoms with E-state index in [0.29, 0.717) is 16.2 Å². The number of nitrogens with one attached hydrogen (secondary N) is 1. The zero-order chi connectivity index (χ0) is 15.8. The first-order valence-corrected chi connectivity index (χ1v) is 7.99. The molecule has 0 unspecified atom stereocenters. The summed E-state index contributed by atoms with van der Waals surface area (Å²) in [5, 5.41) is 3.36. The van der Waals surface area contributed by atoms with Crippen molar-refractivity contribution >= 4 is 23.5 Å². The normalized spacial score (nSPS) is 11.0. The van der Waals surface area contributed by atoms with Gasteiger partial charge < -0.3 is 5.32 Å². The van der Waals surface area contributed by atoms with Gasteiger partial charge in [-0.2, -0.15) is 0 Å². The molecule has 0 aliphatic rings. The zero-order valence-electron chi connectivity index (χ0n) is 12.3. The van der Waals surface area contributed by atoms with Gasteiger partial charge in [0.15, 0.2) is 5.78 Å². The molecule has 0 aliphatic carbocycles. The Balaban J connectivity index is 2.14. The van der Waals surface area contributed by atoms with Crippen LogP contribution in [-0.4, -0.2) is 17.4 Å². The van der Waals surface area contributed by atoms with Crippen LogP contribution in [0.3, 0.4) is 0 Å². The van der Waals surface area contributed by atoms with Gasteiger partial charge in [0.2, 0.25) is 0 Å². The van der Waals surface area contributed by atoms with E-state index in [1.165, 1.54) is 17.8 Å². The first-order valence-electron chi connectivity index (χ1n) is 7.01. The van der Waals surface area contributed by atoms with Crippen molar-refractivity contribution in [1.29, 1.82) is 0 Å². The van der Waals surface area contributed by atoms with Gasteiger partial charge in [-0.25, -0.2) is 0 Å². The number of amides is 1. The molecule has 1 N–H and O–H groups in total. The Morgan fingerprint density at radius 1 is 0.955 bits per heavy atom. The average Bonchev–Trinajstić information content (AvgIpc) is 2.56. The smallest absolute Gasteiger partial charge is 0.256 e. The van der Waals surface area contributed by atoms with Gasteiger partial charge in [0, 0.05) is 17.2 Å². The van der Waals surface area contributed by atoms with E-state index in [1.807, 2.05) is 31.2 Å². The molecule has 2 rings (SSSR count). The van der Waals surface area contributed by atoms with Gasteiger partial charge in [-0.15, -0.1) is 11.8 Å². The maximum absolute atomic E-state index is 12.2. The minimum Gasteiger partial charge on any atom is -0.316 e. The molecule has 22 heavy (non-hydrogen) atoms. The molecule has 2 aromatic rings. The summed E-state index contributed by atoms with van der Waals surface area (Å²) in [6.45, 7) is 1.97. The van der Waals surface area contributed by atoms with Crippen molar-refractivity contribution in [2.24, 2.45) is 0 Å². The number of hydrogen-bond acceptors (Lipinski definition) is 3. The SMILES string of the molecule is CCS/C(=C\C(=O)c1ccccc1)NC(=O)c1ccccc1. The first kappa shape index (κ1) is 16.0. The van der Waals surface area contributed by atoms with Gasteiger partial charge in [0.1, 0.15) is 0 Å². The third-order valence-corrected chi connectivity index (χ3v) is 3.71. The number of thioether (sulfide) groups is 1. The molecule has 112 valence electrons. The molecule has 3 nitrogen and oxygen atoms in total. The summed E-state index contributed by atoms with van der Waals surface area (Å²) in [5.41, 5.74) is 1.17. The Bertz CT molecular complexity index is 666. The van der Waals surface area contributed by atoms with Gasteiger partial charge >= 0.3 is 0 Å². The Hall–Kier alpha value is -2.33. The topological polar surface area (TPSA) is 46.2 Å². The lowest BCUT2D eigenvalue weighted by Gasteiger charge is -2.08. The van der Waals surface area contributed by atoms with Crippen molar-refractivity contribution < 1.29 is 9.59 Å². The summed E-state index contributed by atoms with van der Waals surface area (Å²) in [4.78, 5) is 24.4. The van der Waals surface area contributed by atoms with E-state index in [0.717, 1.165) is 5.75 Å². The molecule has 1 amide bonds. The Kier molecular flexibility index (Phi) is 5.98. The van der Waals surface area contributed by atoms with Crippen LogP contribution in [0.4, 0.5) is 0 Å². The molecule has 0 atom stereocenters. The largest absolute Gasteiger partial charge is 0.316 e. The van der Waals surface area contributed by atoms with E-state index in [2.05, 4.69) is 5.32 Å². The highest BCUT2D eigenvalue weighted by Gasteiger charge is 2.10. The minimum atomic E-state index is -0.214. The second-order valence-electron chi connectivity index (χ2n) is 4.49. The maximum Gasteiger partial charge on any atom is 0.256 e. The van der Waals surface area contributed by atoms with Crippen LogP contribution in [-0.2, 0) is 0 Å². The Labute approximate surface area is 134 Å². The molecule has 0 saturated carbocycles. The van der Waals surface area contributed by atoms with Gasteiger partial charge in [0.25, 0.3) is 5.91 Å². The standard InChI is InChI=1S/C18H17NO2S/c1-2-22-17(13-16(20)14-9-5-3-6-10-14)19-18(21)15-11-7-4-8-12-15/h3-13H,2H2,1H3,(H,19,21)/b17-13-. The number of allylic oxidation sites excluding steroid dienone is 1. The molecule has 0 saturated heterocycles. The van der Waals surface area contributed by atoms with Crippen LogP contribution in [0.25, 0.3) is 0 Å². The predicted molar refractivity (Wildman–Crippen MR) is 90.9 cm³/mol. The second kappa shape index (κ2) is 8.20. The summed E-state index contributed by atoms with van der Waals surface area (Å²) in [5.74, 6) is 0.432. The van der Waals surface area contributed by atoms with Crippen LogP contribution < -0.4 is 5.32 Å². The van der Waals surface area contributed by atoms with Crippen LogP contribution in [0, 0.1) is 0 Å². The van der Waals surface area contributed by atoms with Crippen molar-refractivity contribution in [3.63, 3.8) is 0 Å². The van der Waals surface area contributed by atoms with Gasteiger partial charge in [-0.3, -0.25) is 9.59 Å².